The first-order valence-electron chi connectivity index (χ1n) is 5.38. The molecule has 0 amide bonds. The van der Waals surface area contributed by atoms with E-state index in [1.807, 2.05) is 0 Å². The molecule has 3 nitrogen and oxygen atoms in total. The molecule has 1 atom stereocenters. The van der Waals surface area contributed by atoms with Crippen molar-refractivity contribution < 1.29 is 26.7 Å². The summed E-state index contributed by atoms with van der Waals surface area (Å²) in [4.78, 5) is 0. The van der Waals surface area contributed by atoms with E-state index in [0.717, 1.165) is 6.26 Å². The molecule has 0 aliphatic carbocycles. The zero-order valence-electron chi connectivity index (χ0n) is 10.0. The van der Waals surface area contributed by atoms with Gasteiger partial charge in [-0.1, -0.05) is 0 Å². The van der Waals surface area contributed by atoms with Crippen LogP contribution >= 0.6 is 0 Å². The highest BCUT2D eigenvalue weighted by Crippen LogP contribution is 2.26. The van der Waals surface area contributed by atoms with Gasteiger partial charge in [0.15, 0.2) is 0 Å². The van der Waals surface area contributed by atoms with Crippen molar-refractivity contribution in [1.82, 2.24) is 0 Å². The highest BCUT2D eigenvalue weighted by molar-refractivity contribution is 7.90. The van der Waals surface area contributed by atoms with E-state index in [2.05, 4.69) is 0 Å². The fourth-order valence-corrected chi connectivity index (χ4v) is 2.18. The molecule has 104 valence electrons. The van der Waals surface area contributed by atoms with Gasteiger partial charge >= 0.3 is 6.18 Å². The van der Waals surface area contributed by atoms with Gasteiger partial charge in [-0.2, -0.15) is 13.2 Å². The normalized spacial score (nSPS) is 16.8. The molecule has 0 heterocycles. The number of halogens is 3. The van der Waals surface area contributed by atoms with E-state index in [1.165, 1.54) is 6.92 Å². The Morgan fingerprint density at radius 1 is 1.06 bits per heavy atom. The van der Waals surface area contributed by atoms with Crippen LogP contribution in [0.5, 0.6) is 0 Å². The third-order valence-corrected chi connectivity index (χ3v) is 3.44. The summed E-state index contributed by atoms with van der Waals surface area (Å²) in [6, 6.07) is 0. The van der Waals surface area contributed by atoms with Gasteiger partial charge in [-0.05, 0) is 32.6 Å². The molecule has 0 aromatic heterocycles. The van der Waals surface area contributed by atoms with Crippen molar-refractivity contribution in [3.63, 3.8) is 0 Å². The lowest BCUT2D eigenvalue weighted by Crippen LogP contribution is -2.25. The first-order valence-corrected chi connectivity index (χ1v) is 7.44. The molecule has 1 unspecified atom stereocenters. The average Bonchev–Trinajstić information content (AvgIpc) is 1.96. The lowest BCUT2D eigenvalue weighted by molar-refractivity contribution is -0.137. The SMILES string of the molecule is CC(O)(CCCC(F)(F)F)CCCS(C)(=O)=O. The summed E-state index contributed by atoms with van der Waals surface area (Å²) in [5.41, 5.74) is -1.23. The fourth-order valence-electron chi connectivity index (χ4n) is 1.51. The zero-order valence-corrected chi connectivity index (χ0v) is 10.9. The lowest BCUT2D eigenvalue weighted by Gasteiger charge is -2.23. The number of hydrogen-bond donors (Lipinski definition) is 1. The zero-order chi connectivity index (χ0) is 13.7. The molecule has 0 bridgehead atoms. The van der Waals surface area contributed by atoms with Crippen molar-refractivity contribution in [2.45, 2.75) is 50.8 Å². The van der Waals surface area contributed by atoms with Gasteiger partial charge < -0.3 is 5.11 Å². The van der Waals surface area contributed by atoms with Gasteiger partial charge in [0.05, 0.1) is 5.60 Å². The van der Waals surface area contributed by atoms with E-state index < -0.39 is 28.0 Å². The standard InChI is InChI=1S/C10H19F3O3S/c1-9(14,5-3-7-10(11,12)13)6-4-8-17(2,15)16/h14H,3-8H2,1-2H3. The summed E-state index contributed by atoms with van der Waals surface area (Å²) in [6.07, 6.45) is -3.70. The van der Waals surface area contributed by atoms with Crippen molar-refractivity contribution in [3.05, 3.63) is 0 Å². The van der Waals surface area contributed by atoms with Crippen molar-refractivity contribution in [1.29, 1.82) is 0 Å². The molecular weight excluding hydrogens is 257 g/mol. The van der Waals surface area contributed by atoms with E-state index in [1.54, 1.807) is 0 Å². The third-order valence-electron chi connectivity index (χ3n) is 2.41. The number of alkyl halides is 3. The van der Waals surface area contributed by atoms with Gasteiger partial charge in [-0.3, -0.25) is 0 Å². The van der Waals surface area contributed by atoms with Crippen LogP contribution in [0.15, 0.2) is 0 Å². The number of sulfone groups is 1. The van der Waals surface area contributed by atoms with Crippen LogP contribution in [0.4, 0.5) is 13.2 Å². The second-order valence-corrected chi connectivity index (χ2v) is 6.96. The molecule has 0 aliphatic heterocycles. The highest BCUT2D eigenvalue weighted by atomic mass is 32.2. The molecule has 0 fully saturated rings. The summed E-state index contributed by atoms with van der Waals surface area (Å²) in [7, 11) is -3.08. The Balaban J connectivity index is 3.88. The van der Waals surface area contributed by atoms with Crippen LogP contribution < -0.4 is 0 Å². The van der Waals surface area contributed by atoms with Gasteiger partial charge in [0.1, 0.15) is 9.84 Å². The topological polar surface area (TPSA) is 54.4 Å². The van der Waals surface area contributed by atoms with E-state index >= 15 is 0 Å². The Labute approximate surface area is 99.9 Å². The minimum Gasteiger partial charge on any atom is -0.390 e. The Bertz CT molecular complexity index is 320. The molecule has 0 radical (unpaired) electrons. The van der Waals surface area contributed by atoms with Crippen molar-refractivity contribution >= 4 is 9.84 Å². The monoisotopic (exact) mass is 276 g/mol. The Morgan fingerprint density at radius 3 is 1.94 bits per heavy atom. The van der Waals surface area contributed by atoms with Gasteiger partial charge in [-0.25, -0.2) is 8.42 Å². The van der Waals surface area contributed by atoms with Gasteiger partial charge in [0.25, 0.3) is 0 Å². The van der Waals surface area contributed by atoms with Gasteiger partial charge in [-0.15, -0.1) is 0 Å². The fraction of sp³-hybridized carbons (Fsp3) is 1.00. The van der Waals surface area contributed by atoms with Crippen LogP contribution in [-0.2, 0) is 9.84 Å². The molecule has 0 aromatic rings. The second-order valence-electron chi connectivity index (χ2n) is 4.70. The van der Waals surface area contributed by atoms with Crippen LogP contribution in [-0.4, -0.2) is 37.3 Å². The van der Waals surface area contributed by atoms with Gasteiger partial charge in [0.2, 0.25) is 0 Å². The second kappa shape index (κ2) is 6.04. The summed E-state index contributed by atoms with van der Waals surface area (Å²) < 4.78 is 57.3. The van der Waals surface area contributed by atoms with E-state index in [4.69, 9.17) is 0 Å². The number of hydrogen-bond acceptors (Lipinski definition) is 3. The van der Waals surface area contributed by atoms with E-state index in [-0.39, 0.29) is 31.4 Å². The summed E-state index contributed by atoms with van der Waals surface area (Å²) in [6.45, 7) is 1.44. The summed E-state index contributed by atoms with van der Waals surface area (Å²) >= 11 is 0. The molecule has 1 N–H and O–H groups in total. The maximum atomic E-state index is 11.9. The lowest BCUT2D eigenvalue weighted by atomic mass is 9.94. The largest absolute Gasteiger partial charge is 0.390 e. The van der Waals surface area contributed by atoms with Crippen LogP contribution in [0.25, 0.3) is 0 Å². The minimum atomic E-state index is -4.21. The van der Waals surface area contributed by atoms with Crippen molar-refractivity contribution in [3.8, 4) is 0 Å². The number of rotatable bonds is 7. The quantitative estimate of drug-likeness (QED) is 0.776. The highest BCUT2D eigenvalue weighted by Gasteiger charge is 2.28. The molecule has 7 heteroatoms. The average molecular weight is 276 g/mol. The predicted molar refractivity (Wildman–Crippen MR) is 59.5 cm³/mol. The Kier molecular flexibility index (Phi) is 5.93. The van der Waals surface area contributed by atoms with Crippen molar-refractivity contribution in [2.24, 2.45) is 0 Å². The van der Waals surface area contributed by atoms with Crippen LogP contribution in [0.2, 0.25) is 0 Å². The van der Waals surface area contributed by atoms with E-state index in [9.17, 15) is 26.7 Å². The Hall–Kier alpha value is -0.300. The molecule has 0 saturated heterocycles. The smallest absolute Gasteiger partial charge is 0.389 e. The van der Waals surface area contributed by atoms with E-state index in [0.29, 0.717) is 0 Å². The van der Waals surface area contributed by atoms with Gasteiger partial charge in [0, 0.05) is 18.4 Å². The molecule has 17 heavy (non-hydrogen) atoms. The van der Waals surface area contributed by atoms with Crippen LogP contribution in [0.1, 0.15) is 39.0 Å². The number of aliphatic hydroxyl groups is 1. The molecular formula is C10H19F3O3S. The molecule has 0 spiro atoms. The molecule has 0 rings (SSSR count). The maximum Gasteiger partial charge on any atom is 0.389 e. The molecule has 0 aliphatic rings. The first-order chi connectivity index (χ1) is 7.41. The molecule has 0 aromatic carbocycles. The third kappa shape index (κ3) is 12.0. The molecule has 0 saturated carbocycles. The summed E-state index contributed by atoms with van der Waals surface area (Å²) in [5.74, 6) is -0.0532. The minimum absolute atomic E-state index is 0.0241. The van der Waals surface area contributed by atoms with Crippen LogP contribution in [0, 0.1) is 0 Å². The van der Waals surface area contributed by atoms with Crippen LogP contribution in [0.3, 0.4) is 0 Å². The predicted octanol–water partition coefficient (Wildman–Crippen LogP) is 2.29. The first kappa shape index (κ1) is 16.7. The maximum absolute atomic E-state index is 11.9. The summed E-state index contributed by atoms with van der Waals surface area (Å²) in [5, 5.41) is 9.75. The Morgan fingerprint density at radius 2 is 1.53 bits per heavy atom. The van der Waals surface area contributed by atoms with Crippen molar-refractivity contribution in [2.75, 3.05) is 12.0 Å².